The zero-order valence-electron chi connectivity index (χ0n) is 11.0. The van der Waals surface area contributed by atoms with Gasteiger partial charge in [-0.15, -0.1) is 0 Å². The Hall–Kier alpha value is -0.130. The van der Waals surface area contributed by atoms with Crippen LogP contribution in [0.4, 0.5) is 0 Å². The van der Waals surface area contributed by atoms with E-state index < -0.39 is 15.6 Å². The molecule has 0 aromatic heterocycles. The van der Waals surface area contributed by atoms with Crippen molar-refractivity contribution in [1.82, 2.24) is 4.72 Å². The van der Waals surface area contributed by atoms with Gasteiger partial charge in [0.1, 0.15) is 0 Å². The average Bonchev–Trinajstić information content (AvgIpc) is 2.37. The van der Waals surface area contributed by atoms with Gasteiger partial charge in [-0.1, -0.05) is 33.1 Å². The van der Waals surface area contributed by atoms with E-state index in [1.807, 2.05) is 13.8 Å². The summed E-state index contributed by atoms with van der Waals surface area (Å²) in [4.78, 5) is 0. The van der Waals surface area contributed by atoms with Crippen molar-refractivity contribution in [1.29, 1.82) is 0 Å². The van der Waals surface area contributed by atoms with Crippen molar-refractivity contribution < 1.29 is 8.42 Å². The molecule has 0 saturated heterocycles. The van der Waals surface area contributed by atoms with Gasteiger partial charge >= 0.3 is 0 Å². The van der Waals surface area contributed by atoms with Gasteiger partial charge in [0.15, 0.2) is 0 Å². The highest BCUT2D eigenvalue weighted by atomic mass is 32.2. The number of nitrogens with two attached hydrogens (primary N) is 1. The zero-order chi connectivity index (χ0) is 12.9. The van der Waals surface area contributed by atoms with E-state index in [-0.39, 0.29) is 5.25 Å². The van der Waals surface area contributed by atoms with Crippen LogP contribution in [0.25, 0.3) is 0 Å². The maximum Gasteiger partial charge on any atom is 0.214 e. The van der Waals surface area contributed by atoms with Gasteiger partial charge in [-0.2, -0.15) is 0 Å². The van der Waals surface area contributed by atoms with Crippen LogP contribution in [-0.4, -0.2) is 25.8 Å². The highest BCUT2D eigenvalue weighted by molar-refractivity contribution is 7.90. The number of hydrogen-bond donors (Lipinski definition) is 2. The monoisotopic (exact) mass is 262 g/mol. The second kappa shape index (κ2) is 6.16. The minimum Gasteiger partial charge on any atom is -0.324 e. The molecule has 0 unspecified atom stereocenters. The van der Waals surface area contributed by atoms with Crippen molar-refractivity contribution in [3.8, 4) is 0 Å². The molecule has 0 radical (unpaired) electrons. The Morgan fingerprint density at radius 1 is 1.18 bits per heavy atom. The van der Waals surface area contributed by atoms with E-state index in [1.54, 1.807) is 0 Å². The molecule has 0 atom stereocenters. The Morgan fingerprint density at radius 3 is 2.18 bits per heavy atom. The maximum absolute atomic E-state index is 12.1. The predicted octanol–water partition coefficient (Wildman–Crippen LogP) is 1.76. The van der Waals surface area contributed by atoms with Gasteiger partial charge in [0, 0.05) is 12.1 Å². The van der Waals surface area contributed by atoms with E-state index in [1.165, 1.54) is 0 Å². The minimum absolute atomic E-state index is 0.200. The lowest BCUT2D eigenvalue weighted by Gasteiger charge is -2.29. The lowest BCUT2D eigenvalue weighted by molar-refractivity contribution is 0.388. The molecular weight excluding hydrogens is 236 g/mol. The van der Waals surface area contributed by atoms with Crippen molar-refractivity contribution in [2.75, 3.05) is 6.54 Å². The minimum atomic E-state index is -3.17. The molecule has 1 rings (SSSR count). The second-order valence-electron chi connectivity index (χ2n) is 5.20. The van der Waals surface area contributed by atoms with Crippen LogP contribution in [0.5, 0.6) is 0 Å². The average molecular weight is 262 g/mol. The summed E-state index contributed by atoms with van der Waals surface area (Å²) in [6, 6.07) is 0. The fraction of sp³-hybridized carbons (Fsp3) is 1.00. The van der Waals surface area contributed by atoms with E-state index in [9.17, 15) is 8.42 Å². The van der Waals surface area contributed by atoms with Gasteiger partial charge in [-0.25, -0.2) is 13.1 Å². The van der Waals surface area contributed by atoms with Gasteiger partial charge in [0.2, 0.25) is 10.0 Å². The summed E-state index contributed by atoms with van der Waals surface area (Å²) in [7, 11) is -3.17. The first kappa shape index (κ1) is 14.9. The molecule has 17 heavy (non-hydrogen) atoms. The topological polar surface area (TPSA) is 72.2 Å². The molecule has 1 saturated carbocycles. The van der Waals surface area contributed by atoms with Crippen molar-refractivity contribution in [2.24, 2.45) is 5.73 Å². The first-order chi connectivity index (χ1) is 7.93. The Morgan fingerprint density at radius 2 is 1.71 bits per heavy atom. The van der Waals surface area contributed by atoms with Crippen LogP contribution in [0, 0.1) is 0 Å². The van der Waals surface area contributed by atoms with Gasteiger partial charge < -0.3 is 5.73 Å². The lowest BCUT2D eigenvalue weighted by Crippen LogP contribution is -2.51. The number of hydrogen-bond acceptors (Lipinski definition) is 3. The first-order valence-electron chi connectivity index (χ1n) is 6.71. The molecule has 0 amide bonds. The van der Waals surface area contributed by atoms with Crippen LogP contribution < -0.4 is 10.5 Å². The molecule has 0 bridgehead atoms. The lowest BCUT2D eigenvalue weighted by atomic mass is 9.95. The fourth-order valence-corrected chi connectivity index (χ4v) is 3.92. The van der Waals surface area contributed by atoms with Crippen LogP contribution in [0.2, 0.25) is 0 Å². The molecule has 1 fully saturated rings. The molecule has 0 aromatic carbocycles. The quantitative estimate of drug-likeness (QED) is 0.766. The maximum atomic E-state index is 12.1. The van der Waals surface area contributed by atoms with E-state index in [0.717, 1.165) is 44.9 Å². The molecule has 4 nitrogen and oxygen atoms in total. The molecule has 1 aliphatic carbocycles. The van der Waals surface area contributed by atoms with Crippen LogP contribution in [-0.2, 0) is 10.0 Å². The van der Waals surface area contributed by atoms with Crippen molar-refractivity contribution in [3.63, 3.8) is 0 Å². The van der Waals surface area contributed by atoms with E-state index in [4.69, 9.17) is 5.73 Å². The van der Waals surface area contributed by atoms with Crippen LogP contribution in [0.3, 0.4) is 0 Å². The molecule has 0 aliphatic heterocycles. The normalized spacial score (nSPS) is 19.5. The summed E-state index contributed by atoms with van der Waals surface area (Å²) in [5, 5.41) is -0.200. The fourth-order valence-electron chi connectivity index (χ4n) is 2.24. The second-order valence-corrected chi connectivity index (χ2v) is 7.24. The number of sulfonamides is 1. The summed E-state index contributed by atoms with van der Waals surface area (Å²) in [5.41, 5.74) is 5.71. The Bertz CT molecular complexity index is 317. The molecular formula is C12H26N2O2S. The molecule has 0 aromatic rings. The number of rotatable bonds is 6. The summed E-state index contributed by atoms with van der Waals surface area (Å²) in [5.74, 6) is 0. The first-order valence-corrected chi connectivity index (χ1v) is 8.25. The molecule has 5 heteroatoms. The Labute approximate surface area is 105 Å². The summed E-state index contributed by atoms with van der Waals surface area (Å²) >= 11 is 0. The summed E-state index contributed by atoms with van der Waals surface area (Å²) in [6.45, 7) is 4.36. The van der Waals surface area contributed by atoms with Gasteiger partial charge in [0.25, 0.3) is 0 Å². The van der Waals surface area contributed by atoms with E-state index >= 15 is 0 Å². The molecule has 0 heterocycles. The zero-order valence-corrected chi connectivity index (χ0v) is 11.9. The molecule has 102 valence electrons. The van der Waals surface area contributed by atoms with Gasteiger partial charge in [-0.05, 0) is 25.7 Å². The highest BCUT2D eigenvalue weighted by Crippen LogP contribution is 2.23. The van der Waals surface area contributed by atoms with Crippen LogP contribution >= 0.6 is 0 Å². The SMILES string of the molecule is CCC(N)(CC)CNS(=O)(=O)C1CCCCC1. The smallest absolute Gasteiger partial charge is 0.214 e. The van der Waals surface area contributed by atoms with Gasteiger partial charge in [-0.3, -0.25) is 0 Å². The molecule has 3 N–H and O–H groups in total. The Balaban J connectivity index is 2.54. The van der Waals surface area contributed by atoms with E-state index in [2.05, 4.69) is 4.72 Å². The standard InChI is InChI=1S/C12H26N2O2S/c1-3-12(13,4-2)10-14-17(15,16)11-8-6-5-7-9-11/h11,14H,3-10,13H2,1-2H3. The van der Waals surface area contributed by atoms with Crippen molar-refractivity contribution in [2.45, 2.75) is 69.6 Å². The third kappa shape index (κ3) is 4.23. The van der Waals surface area contributed by atoms with Crippen molar-refractivity contribution >= 4 is 10.0 Å². The predicted molar refractivity (Wildman–Crippen MR) is 71.3 cm³/mol. The largest absolute Gasteiger partial charge is 0.324 e. The van der Waals surface area contributed by atoms with Gasteiger partial charge in [0.05, 0.1) is 5.25 Å². The summed E-state index contributed by atoms with van der Waals surface area (Å²) < 4.78 is 26.9. The third-order valence-corrected chi connectivity index (χ3v) is 5.92. The van der Waals surface area contributed by atoms with Crippen LogP contribution in [0.1, 0.15) is 58.8 Å². The highest BCUT2D eigenvalue weighted by Gasteiger charge is 2.29. The van der Waals surface area contributed by atoms with Crippen LogP contribution in [0.15, 0.2) is 0 Å². The summed E-state index contributed by atoms with van der Waals surface area (Å²) in [6.07, 6.45) is 6.39. The Kier molecular flexibility index (Phi) is 5.41. The third-order valence-electron chi connectivity index (χ3n) is 4.02. The van der Waals surface area contributed by atoms with Crippen molar-refractivity contribution in [3.05, 3.63) is 0 Å². The molecule has 1 aliphatic rings. The molecule has 0 spiro atoms. The number of nitrogens with one attached hydrogen (secondary N) is 1. The van der Waals surface area contributed by atoms with E-state index in [0.29, 0.717) is 6.54 Å².